The number of hydrogen-bond donors (Lipinski definition) is 2. The van der Waals surface area contributed by atoms with Gasteiger partial charge in [0.05, 0.1) is 18.8 Å². The molecule has 4 nitrogen and oxygen atoms in total. The lowest BCUT2D eigenvalue weighted by atomic mass is 10.3. The summed E-state index contributed by atoms with van der Waals surface area (Å²) in [6.07, 6.45) is 0. The van der Waals surface area contributed by atoms with Crippen LogP contribution in [0.15, 0.2) is 48.5 Å². The number of rotatable bonds is 6. The summed E-state index contributed by atoms with van der Waals surface area (Å²) < 4.78 is 6.59. The molecule has 0 aliphatic rings. The van der Waals surface area contributed by atoms with E-state index < -0.39 is 0 Å². The van der Waals surface area contributed by atoms with E-state index in [-0.39, 0.29) is 12.5 Å². The van der Waals surface area contributed by atoms with Gasteiger partial charge in [-0.1, -0.05) is 18.2 Å². The van der Waals surface area contributed by atoms with E-state index in [0.29, 0.717) is 6.61 Å². The largest absolute Gasteiger partial charge is 0.492 e. The van der Waals surface area contributed by atoms with Gasteiger partial charge < -0.3 is 15.4 Å². The summed E-state index contributed by atoms with van der Waals surface area (Å²) >= 11 is 2.21. The van der Waals surface area contributed by atoms with Gasteiger partial charge in [-0.05, 0) is 59.8 Å². The van der Waals surface area contributed by atoms with E-state index in [0.717, 1.165) is 20.7 Å². The molecule has 0 radical (unpaired) electrons. The Morgan fingerprint density at radius 1 is 1.19 bits per heavy atom. The number of benzene rings is 2. The Kier molecular flexibility index (Phi) is 5.86. The predicted octanol–water partition coefficient (Wildman–Crippen LogP) is 3.74. The molecule has 0 saturated heterocycles. The molecule has 2 rings (SSSR count). The van der Waals surface area contributed by atoms with Crippen molar-refractivity contribution in [3.8, 4) is 5.75 Å². The summed E-state index contributed by atoms with van der Waals surface area (Å²) in [5, 5.41) is 5.95. The Bertz CT molecular complexity index is 617. The molecular weight excluding hydrogens is 379 g/mol. The highest BCUT2D eigenvalue weighted by atomic mass is 127. The molecule has 0 unspecified atom stereocenters. The van der Waals surface area contributed by atoms with Gasteiger partial charge in [0.2, 0.25) is 5.91 Å². The van der Waals surface area contributed by atoms with Gasteiger partial charge in [-0.15, -0.1) is 0 Å². The second-order valence-corrected chi connectivity index (χ2v) is 5.59. The molecule has 0 saturated carbocycles. The minimum Gasteiger partial charge on any atom is -0.492 e. The summed E-state index contributed by atoms with van der Waals surface area (Å²) in [6, 6.07) is 15.3. The molecule has 0 heterocycles. The van der Waals surface area contributed by atoms with Crippen LogP contribution in [0.2, 0.25) is 0 Å². The van der Waals surface area contributed by atoms with Crippen molar-refractivity contribution in [2.24, 2.45) is 0 Å². The van der Waals surface area contributed by atoms with E-state index in [4.69, 9.17) is 4.74 Å². The molecule has 21 heavy (non-hydrogen) atoms. The Labute approximate surface area is 138 Å². The van der Waals surface area contributed by atoms with Crippen LogP contribution in [0.4, 0.5) is 11.4 Å². The third kappa shape index (κ3) is 4.93. The van der Waals surface area contributed by atoms with Gasteiger partial charge in [0.15, 0.2) is 0 Å². The molecule has 110 valence electrons. The van der Waals surface area contributed by atoms with Gasteiger partial charge in [-0.3, -0.25) is 4.79 Å². The van der Waals surface area contributed by atoms with Crippen LogP contribution in [0, 0.1) is 3.57 Å². The van der Waals surface area contributed by atoms with Crippen LogP contribution in [0.1, 0.15) is 6.92 Å². The zero-order valence-corrected chi connectivity index (χ0v) is 13.9. The van der Waals surface area contributed by atoms with Crippen molar-refractivity contribution in [3.63, 3.8) is 0 Å². The number of anilines is 2. The standard InChI is InChI=1S/C16H17IN2O2/c1-2-21-15-9-4-3-8-14(15)18-11-16(20)19-13-7-5-6-12(17)10-13/h3-10,18H,2,11H2,1H3,(H,19,20). The van der Waals surface area contributed by atoms with Crippen molar-refractivity contribution in [2.45, 2.75) is 6.92 Å². The van der Waals surface area contributed by atoms with Gasteiger partial charge in [0.1, 0.15) is 5.75 Å². The molecule has 2 N–H and O–H groups in total. The Hall–Kier alpha value is -1.76. The second kappa shape index (κ2) is 7.87. The quantitative estimate of drug-likeness (QED) is 0.732. The van der Waals surface area contributed by atoms with Crippen LogP contribution in [0.25, 0.3) is 0 Å². The van der Waals surface area contributed by atoms with Crippen LogP contribution in [0.3, 0.4) is 0 Å². The van der Waals surface area contributed by atoms with Crippen molar-refractivity contribution < 1.29 is 9.53 Å². The molecule has 0 bridgehead atoms. The van der Waals surface area contributed by atoms with E-state index in [2.05, 4.69) is 33.2 Å². The summed E-state index contributed by atoms with van der Waals surface area (Å²) in [7, 11) is 0. The average Bonchev–Trinajstić information content (AvgIpc) is 2.47. The third-order valence-corrected chi connectivity index (χ3v) is 3.41. The molecule has 2 aromatic carbocycles. The molecule has 0 atom stereocenters. The van der Waals surface area contributed by atoms with Gasteiger partial charge in [-0.25, -0.2) is 0 Å². The van der Waals surface area contributed by atoms with E-state index in [1.54, 1.807) is 0 Å². The first kappa shape index (κ1) is 15.6. The number of para-hydroxylation sites is 2. The minimum absolute atomic E-state index is 0.0942. The van der Waals surface area contributed by atoms with Gasteiger partial charge >= 0.3 is 0 Å². The number of nitrogens with one attached hydrogen (secondary N) is 2. The Balaban J connectivity index is 1.92. The zero-order valence-electron chi connectivity index (χ0n) is 11.7. The fourth-order valence-corrected chi connectivity index (χ4v) is 2.38. The van der Waals surface area contributed by atoms with Crippen LogP contribution in [0.5, 0.6) is 5.75 Å². The number of ether oxygens (including phenoxy) is 1. The highest BCUT2D eigenvalue weighted by molar-refractivity contribution is 14.1. The smallest absolute Gasteiger partial charge is 0.243 e. The summed E-state index contributed by atoms with van der Waals surface area (Å²) in [5.74, 6) is 0.658. The van der Waals surface area contributed by atoms with Crippen LogP contribution < -0.4 is 15.4 Å². The van der Waals surface area contributed by atoms with Crippen molar-refractivity contribution in [1.29, 1.82) is 0 Å². The average molecular weight is 396 g/mol. The first-order chi connectivity index (χ1) is 10.2. The normalized spacial score (nSPS) is 10.0. The Morgan fingerprint density at radius 2 is 2.00 bits per heavy atom. The van der Waals surface area contributed by atoms with Crippen LogP contribution in [-0.2, 0) is 4.79 Å². The van der Waals surface area contributed by atoms with E-state index in [9.17, 15) is 4.79 Å². The maximum Gasteiger partial charge on any atom is 0.243 e. The van der Waals surface area contributed by atoms with Crippen LogP contribution >= 0.6 is 22.6 Å². The first-order valence-corrected chi connectivity index (χ1v) is 7.78. The lowest BCUT2D eigenvalue weighted by Crippen LogP contribution is -2.22. The molecule has 0 spiro atoms. The molecular formula is C16H17IN2O2. The van der Waals surface area contributed by atoms with Crippen LogP contribution in [-0.4, -0.2) is 19.1 Å². The van der Waals surface area contributed by atoms with Gasteiger partial charge in [-0.2, -0.15) is 0 Å². The third-order valence-electron chi connectivity index (χ3n) is 2.73. The van der Waals surface area contributed by atoms with Gasteiger partial charge in [0.25, 0.3) is 0 Å². The maximum atomic E-state index is 11.9. The maximum absolute atomic E-state index is 11.9. The van der Waals surface area contributed by atoms with E-state index >= 15 is 0 Å². The lowest BCUT2D eigenvalue weighted by Gasteiger charge is -2.12. The SMILES string of the molecule is CCOc1ccccc1NCC(=O)Nc1cccc(I)c1. The second-order valence-electron chi connectivity index (χ2n) is 4.34. The monoisotopic (exact) mass is 396 g/mol. The highest BCUT2D eigenvalue weighted by Crippen LogP contribution is 2.23. The number of amides is 1. The van der Waals surface area contributed by atoms with Crippen molar-refractivity contribution in [3.05, 3.63) is 52.1 Å². The summed E-state index contributed by atoms with van der Waals surface area (Å²) in [5.41, 5.74) is 1.61. The number of halogens is 1. The van der Waals surface area contributed by atoms with E-state index in [1.807, 2.05) is 55.5 Å². The van der Waals surface area contributed by atoms with Crippen molar-refractivity contribution in [2.75, 3.05) is 23.8 Å². The highest BCUT2D eigenvalue weighted by Gasteiger charge is 2.06. The number of carbonyl (C=O) groups excluding carboxylic acids is 1. The molecule has 0 fully saturated rings. The molecule has 0 aliphatic heterocycles. The first-order valence-electron chi connectivity index (χ1n) is 6.70. The van der Waals surface area contributed by atoms with E-state index in [1.165, 1.54) is 0 Å². The van der Waals surface area contributed by atoms with Crippen molar-refractivity contribution in [1.82, 2.24) is 0 Å². The topological polar surface area (TPSA) is 50.4 Å². The van der Waals surface area contributed by atoms with Crippen molar-refractivity contribution >= 4 is 39.9 Å². The fourth-order valence-electron chi connectivity index (χ4n) is 1.84. The molecule has 0 aromatic heterocycles. The Morgan fingerprint density at radius 3 is 2.76 bits per heavy atom. The molecule has 5 heteroatoms. The molecule has 2 aromatic rings. The summed E-state index contributed by atoms with van der Waals surface area (Å²) in [4.78, 5) is 11.9. The molecule has 0 aliphatic carbocycles. The zero-order chi connectivity index (χ0) is 15.1. The fraction of sp³-hybridized carbons (Fsp3) is 0.188. The minimum atomic E-state index is -0.0942. The van der Waals surface area contributed by atoms with Gasteiger partial charge in [0, 0.05) is 9.26 Å². The predicted molar refractivity (Wildman–Crippen MR) is 93.9 cm³/mol. The summed E-state index contributed by atoms with van der Waals surface area (Å²) in [6.45, 7) is 2.71. The number of hydrogen-bond acceptors (Lipinski definition) is 3. The lowest BCUT2D eigenvalue weighted by molar-refractivity contribution is -0.114. The number of carbonyl (C=O) groups is 1. The molecule has 1 amide bonds.